The number of nitrogens with one attached hydrogen (secondary N) is 2. The third-order valence-electron chi connectivity index (χ3n) is 4.99. The maximum absolute atomic E-state index is 13.3. The number of hydrogen-bond donors (Lipinski definition) is 2. The minimum absolute atomic E-state index is 0.288. The number of ether oxygens (including phenoxy) is 3. The highest BCUT2D eigenvalue weighted by Gasteiger charge is 2.19. The van der Waals surface area contributed by atoms with Crippen LogP contribution in [0.25, 0.3) is 22.4 Å². The van der Waals surface area contributed by atoms with Crippen LogP contribution in [0.3, 0.4) is 0 Å². The summed E-state index contributed by atoms with van der Waals surface area (Å²) in [6.45, 7) is 6.98. The molecule has 1 amide bonds. The van der Waals surface area contributed by atoms with Crippen LogP contribution in [0.1, 0.15) is 31.1 Å². The van der Waals surface area contributed by atoms with Crippen LogP contribution in [-0.4, -0.2) is 35.7 Å². The number of fused-ring (bicyclic) bond motifs is 1. The van der Waals surface area contributed by atoms with E-state index in [1.807, 2.05) is 69.3 Å². The summed E-state index contributed by atoms with van der Waals surface area (Å²) in [7, 11) is 0. The number of imidazole rings is 1. The lowest BCUT2D eigenvalue weighted by atomic mass is 10.1. The maximum atomic E-state index is 13.3. The van der Waals surface area contributed by atoms with Gasteiger partial charge in [0.2, 0.25) is 5.75 Å². The molecule has 0 saturated carbocycles. The third-order valence-corrected chi connectivity index (χ3v) is 4.99. The van der Waals surface area contributed by atoms with E-state index < -0.39 is 0 Å². The first-order chi connectivity index (χ1) is 16.1. The minimum atomic E-state index is -0.288. The van der Waals surface area contributed by atoms with Crippen molar-refractivity contribution in [2.75, 3.05) is 25.1 Å². The van der Waals surface area contributed by atoms with Crippen molar-refractivity contribution >= 4 is 22.6 Å². The number of benzene rings is 3. The smallest absolute Gasteiger partial charge is 0.255 e. The number of hydrogen-bond acceptors (Lipinski definition) is 5. The van der Waals surface area contributed by atoms with Crippen molar-refractivity contribution < 1.29 is 19.0 Å². The molecule has 0 radical (unpaired) electrons. The minimum Gasteiger partial charge on any atom is -0.490 e. The lowest BCUT2D eigenvalue weighted by Gasteiger charge is -2.17. The van der Waals surface area contributed by atoms with Crippen molar-refractivity contribution in [1.82, 2.24) is 9.97 Å². The van der Waals surface area contributed by atoms with Gasteiger partial charge in [-0.1, -0.05) is 24.3 Å². The van der Waals surface area contributed by atoms with Gasteiger partial charge in [0, 0.05) is 11.1 Å². The van der Waals surface area contributed by atoms with Crippen LogP contribution in [0, 0.1) is 0 Å². The van der Waals surface area contributed by atoms with E-state index in [1.54, 1.807) is 12.1 Å². The van der Waals surface area contributed by atoms with E-state index >= 15 is 0 Å². The Bertz CT molecular complexity index is 1210. The molecule has 1 heterocycles. The Kier molecular flexibility index (Phi) is 6.78. The van der Waals surface area contributed by atoms with Crippen molar-refractivity contribution in [3.8, 4) is 28.6 Å². The van der Waals surface area contributed by atoms with Gasteiger partial charge in [-0.3, -0.25) is 4.79 Å². The summed E-state index contributed by atoms with van der Waals surface area (Å²) < 4.78 is 17.2. The van der Waals surface area contributed by atoms with Gasteiger partial charge in [-0.2, -0.15) is 0 Å². The van der Waals surface area contributed by atoms with Gasteiger partial charge < -0.3 is 24.5 Å². The highest BCUT2D eigenvalue weighted by atomic mass is 16.5. The highest BCUT2D eigenvalue weighted by molar-refractivity contribution is 6.07. The van der Waals surface area contributed by atoms with Crippen molar-refractivity contribution in [2.24, 2.45) is 0 Å². The molecule has 0 unspecified atom stereocenters. The van der Waals surface area contributed by atoms with Gasteiger partial charge in [0.25, 0.3) is 5.91 Å². The molecule has 3 aromatic carbocycles. The van der Waals surface area contributed by atoms with Crippen molar-refractivity contribution in [3.05, 3.63) is 66.2 Å². The van der Waals surface area contributed by atoms with E-state index in [0.29, 0.717) is 54.1 Å². The topological polar surface area (TPSA) is 85.5 Å². The molecule has 7 heteroatoms. The van der Waals surface area contributed by atoms with Crippen LogP contribution < -0.4 is 19.5 Å². The summed E-state index contributed by atoms with van der Waals surface area (Å²) in [6, 6.07) is 18.7. The van der Waals surface area contributed by atoms with Crippen molar-refractivity contribution in [2.45, 2.75) is 20.8 Å². The summed E-state index contributed by atoms with van der Waals surface area (Å²) in [4.78, 5) is 21.2. The van der Waals surface area contributed by atoms with Gasteiger partial charge in [0.05, 0.1) is 36.5 Å². The van der Waals surface area contributed by atoms with E-state index in [0.717, 1.165) is 16.6 Å². The summed E-state index contributed by atoms with van der Waals surface area (Å²) in [5, 5.41) is 3.01. The Morgan fingerprint density at radius 1 is 0.879 bits per heavy atom. The first kappa shape index (κ1) is 22.2. The molecule has 1 aromatic heterocycles. The van der Waals surface area contributed by atoms with Crippen LogP contribution in [0.4, 0.5) is 5.69 Å². The molecule has 0 fully saturated rings. The molecule has 0 aliphatic rings. The largest absolute Gasteiger partial charge is 0.490 e. The second-order valence-electron chi connectivity index (χ2n) is 7.20. The molecular weight excluding hydrogens is 418 g/mol. The van der Waals surface area contributed by atoms with Gasteiger partial charge in [-0.15, -0.1) is 0 Å². The van der Waals surface area contributed by atoms with E-state index in [9.17, 15) is 4.79 Å². The molecule has 4 rings (SSSR count). The second kappa shape index (κ2) is 10.1. The first-order valence-electron chi connectivity index (χ1n) is 11.1. The van der Waals surface area contributed by atoms with Gasteiger partial charge >= 0.3 is 0 Å². The molecule has 170 valence electrons. The molecule has 4 aromatic rings. The standard InChI is InChI=1S/C26H27N3O4/c1-4-31-22-15-17(16-23(32-5-2)24(22)33-6-3)26(30)29-19-12-8-7-11-18(19)25-27-20-13-9-10-14-21(20)28-25/h7-16H,4-6H2,1-3H3,(H,27,28)(H,29,30). The summed E-state index contributed by atoms with van der Waals surface area (Å²) in [5.74, 6) is 1.84. The normalized spacial score (nSPS) is 10.8. The number of carbonyl (C=O) groups excluding carboxylic acids is 1. The number of H-pyrrole nitrogens is 1. The Labute approximate surface area is 192 Å². The first-order valence-corrected chi connectivity index (χ1v) is 11.1. The molecule has 0 aliphatic heterocycles. The number of amides is 1. The number of nitrogens with zero attached hydrogens (tertiary/aromatic N) is 1. The predicted octanol–water partition coefficient (Wildman–Crippen LogP) is 5.68. The van der Waals surface area contributed by atoms with Gasteiger partial charge in [-0.05, 0) is 57.2 Å². The second-order valence-corrected chi connectivity index (χ2v) is 7.20. The van der Waals surface area contributed by atoms with E-state index in [1.165, 1.54) is 0 Å². The number of rotatable bonds is 9. The number of aromatic amines is 1. The van der Waals surface area contributed by atoms with Crippen molar-refractivity contribution in [3.63, 3.8) is 0 Å². The monoisotopic (exact) mass is 445 g/mol. The molecule has 33 heavy (non-hydrogen) atoms. The molecule has 0 saturated heterocycles. The van der Waals surface area contributed by atoms with E-state index in [2.05, 4.69) is 15.3 Å². The van der Waals surface area contributed by atoms with E-state index in [-0.39, 0.29) is 5.91 Å². The zero-order valence-electron chi connectivity index (χ0n) is 19.0. The number of para-hydroxylation sites is 3. The molecule has 0 atom stereocenters. The highest BCUT2D eigenvalue weighted by Crippen LogP contribution is 2.39. The Balaban J connectivity index is 1.69. The lowest BCUT2D eigenvalue weighted by Crippen LogP contribution is -2.14. The third kappa shape index (κ3) is 4.77. The lowest BCUT2D eigenvalue weighted by molar-refractivity contribution is 0.102. The molecular formula is C26H27N3O4. The van der Waals surface area contributed by atoms with Crippen LogP contribution in [0.2, 0.25) is 0 Å². The molecule has 0 aliphatic carbocycles. The fraction of sp³-hybridized carbons (Fsp3) is 0.231. The number of aromatic nitrogens is 2. The average Bonchev–Trinajstić information content (AvgIpc) is 3.26. The zero-order chi connectivity index (χ0) is 23.2. The SMILES string of the molecule is CCOc1cc(C(=O)Nc2ccccc2-c2nc3ccccc3[nH]2)cc(OCC)c1OCC. The van der Waals surface area contributed by atoms with Gasteiger partial charge in [0.1, 0.15) is 5.82 Å². The number of anilines is 1. The van der Waals surface area contributed by atoms with Crippen LogP contribution in [0.5, 0.6) is 17.2 Å². The summed E-state index contributed by atoms with van der Waals surface area (Å²) in [5.41, 5.74) is 3.64. The maximum Gasteiger partial charge on any atom is 0.255 e. The molecule has 0 bridgehead atoms. The van der Waals surface area contributed by atoms with Gasteiger partial charge in [0.15, 0.2) is 11.5 Å². The summed E-state index contributed by atoms with van der Waals surface area (Å²) >= 11 is 0. The van der Waals surface area contributed by atoms with E-state index in [4.69, 9.17) is 14.2 Å². The van der Waals surface area contributed by atoms with Crippen LogP contribution in [-0.2, 0) is 0 Å². The van der Waals surface area contributed by atoms with Crippen LogP contribution in [0.15, 0.2) is 60.7 Å². The summed E-state index contributed by atoms with van der Waals surface area (Å²) in [6.07, 6.45) is 0. The zero-order valence-corrected chi connectivity index (χ0v) is 19.0. The molecule has 0 spiro atoms. The van der Waals surface area contributed by atoms with Crippen LogP contribution >= 0.6 is 0 Å². The van der Waals surface area contributed by atoms with Gasteiger partial charge in [-0.25, -0.2) is 4.98 Å². The predicted molar refractivity (Wildman–Crippen MR) is 129 cm³/mol. The quantitative estimate of drug-likeness (QED) is 0.346. The average molecular weight is 446 g/mol. The molecule has 7 nitrogen and oxygen atoms in total. The molecule has 2 N–H and O–H groups in total. The Morgan fingerprint density at radius 2 is 1.52 bits per heavy atom. The van der Waals surface area contributed by atoms with Crippen molar-refractivity contribution in [1.29, 1.82) is 0 Å². The fourth-order valence-electron chi connectivity index (χ4n) is 3.59. The Morgan fingerprint density at radius 3 is 2.18 bits per heavy atom. The fourth-order valence-corrected chi connectivity index (χ4v) is 3.59. The Hall–Kier alpha value is -4.00. The number of carbonyl (C=O) groups is 1.